The maximum atomic E-state index is 13.5. The first-order valence-corrected chi connectivity index (χ1v) is 9.27. The molecule has 2 heterocycles. The molecule has 2 amide bonds. The molecule has 1 saturated heterocycles. The Morgan fingerprint density at radius 1 is 1.38 bits per heavy atom. The highest BCUT2D eigenvalue weighted by Gasteiger charge is 2.42. The van der Waals surface area contributed by atoms with Crippen LogP contribution in [0.4, 0.5) is 9.18 Å². The lowest BCUT2D eigenvalue weighted by Gasteiger charge is -2.27. The first kappa shape index (κ1) is 20.5. The Balaban J connectivity index is 1.85. The van der Waals surface area contributed by atoms with E-state index in [0.29, 0.717) is 6.42 Å². The number of aromatic nitrogens is 1. The van der Waals surface area contributed by atoms with Gasteiger partial charge in [0, 0.05) is 18.2 Å². The van der Waals surface area contributed by atoms with E-state index >= 15 is 0 Å². The Morgan fingerprint density at radius 2 is 2.14 bits per heavy atom. The van der Waals surface area contributed by atoms with E-state index < -0.39 is 35.9 Å². The average Bonchev–Trinajstić information content (AvgIpc) is 3.08. The monoisotopic (exact) mass is 396 g/mol. The van der Waals surface area contributed by atoms with Gasteiger partial charge in [0.2, 0.25) is 5.91 Å². The summed E-state index contributed by atoms with van der Waals surface area (Å²) in [5.74, 6) is 0.178. The molecular weight excluding hydrogens is 375 g/mol. The molecule has 29 heavy (non-hydrogen) atoms. The molecule has 1 aromatic carbocycles. The van der Waals surface area contributed by atoms with Gasteiger partial charge in [0.25, 0.3) is 0 Å². The van der Waals surface area contributed by atoms with Crippen LogP contribution in [-0.4, -0.2) is 39.6 Å². The average molecular weight is 396 g/mol. The third kappa shape index (κ3) is 4.79. The third-order valence-corrected chi connectivity index (χ3v) is 4.88. The Bertz CT molecular complexity index is 913. The number of cyclic esters (lactones) is 1. The van der Waals surface area contributed by atoms with Crippen LogP contribution in [0.1, 0.15) is 30.1 Å². The number of aliphatic hydroxyl groups excluding tert-OH is 1. The first-order valence-electron chi connectivity index (χ1n) is 9.27. The van der Waals surface area contributed by atoms with Crippen molar-refractivity contribution in [1.82, 2.24) is 9.88 Å². The molecule has 3 rings (SSSR count). The highest BCUT2D eigenvalue weighted by atomic mass is 19.1. The van der Waals surface area contributed by atoms with Gasteiger partial charge >= 0.3 is 6.09 Å². The summed E-state index contributed by atoms with van der Waals surface area (Å²) in [5.41, 5.74) is 1.09. The fourth-order valence-electron chi connectivity index (χ4n) is 3.42. The molecule has 0 radical (unpaired) electrons. The van der Waals surface area contributed by atoms with Crippen molar-refractivity contribution in [2.24, 2.45) is 5.92 Å². The normalized spacial score (nSPS) is 18.0. The lowest BCUT2D eigenvalue weighted by atomic mass is 9.90. The minimum atomic E-state index is -1.36. The van der Waals surface area contributed by atoms with Crippen molar-refractivity contribution >= 4 is 12.0 Å². The molecular formula is C22H21FN2O4. The van der Waals surface area contributed by atoms with Crippen LogP contribution in [0.25, 0.3) is 0 Å². The van der Waals surface area contributed by atoms with E-state index in [1.165, 1.54) is 6.20 Å². The third-order valence-electron chi connectivity index (χ3n) is 4.88. The van der Waals surface area contributed by atoms with Crippen molar-refractivity contribution in [1.29, 1.82) is 0 Å². The van der Waals surface area contributed by atoms with Crippen LogP contribution in [-0.2, 0) is 16.0 Å². The van der Waals surface area contributed by atoms with Gasteiger partial charge in [-0.1, -0.05) is 30.3 Å². The number of benzene rings is 1. The highest BCUT2D eigenvalue weighted by Crippen LogP contribution is 2.30. The largest absolute Gasteiger partial charge is 0.447 e. The molecule has 1 aliphatic heterocycles. The van der Waals surface area contributed by atoms with Crippen LogP contribution >= 0.6 is 0 Å². The number of carbonyl (C=O) groups excluding carboxylic acids is 2. The summed E-state index contributed by atoms with van der Waals surface area (Å²) in [4.78, 5) is 30.3. The molecule has 1 N–H and O–H groups in total. The van der Waals surface area contributed by atoms with E-state index in [1.807, 2.05) is 30.3 Å². The van der Waals surface area contributed by atoms with Gasteiger partial charge in [0.1, 0.15) is 12.4 Å². The van der Waals surface area contributed by atoms with Gasteiger partial charge < -0.3 is 9.84 Å². The summed E-state index contributed by atoms with van der Waals surface area (Å²) in [7, 11) is 0. The standard InChI is InChI=1S/C22H21FN2O4/c1-2-3-9-19(20(26)16-11-17(23)13-24-12-16)21(27)25-18(14-29-22(25)28)10-15-7-5-4-6-8-15/h1,4-8,11-13,18-20,26H,3,9-10,14H2/t18-,19+,20?/m0/s1. The van der Waals surface area contributed by atoms with Gasteiger partial charge in [-0.25, -0.2) is 14.1 Å². The quantitative estimate of drug-likeness (QED) is 0.728. The molecule has 0 spiro atoms. The van der Waals surface area contributed by atoms with Crippen LogP contribution in [0.3, 0.4) is 0 Å². The summed E-state index contributed by atoms with van der Waals surface area (Å²) >= 11 is 0. The van der Waals surface area contributed by atoms with Crippen molar-refractivity contribution in [2.45, 2.75) is 31.4 Å². The summed E-state index contributed by atoms with van der Waals surface area (Å²) in [6.45, 7) is 0.0684. The maximum Gasteiger partial charge on any atom is 0.416 e. The van der Waals surface area contributed by atoms with Gasteiger partial charge in [-0.2, -0.15) is 0 Å². The molecule has 6 nitrogen and oxygen atoms in total. The number of ether oxygens (including phenoxy) is 1. The minimum Gasteiger partial charge on any atom is -0.447 e. The molecule has 7 heteroatoms. The molecule has 3 atom stereocenters. The molecule has 1 aromatic heterocycles. The van der Waals surface area contributed by atoms with E-state index in [2.05, 4.69) is 10.9 Å². The zero-order chi connectivity index (χ0) is 20.8. The highest BCUT2D eigenvalue weighted by molar-refractivity contribution is 5.95. The zero-order valence-corrected chi connectivity index (χ0v) is 15.7. The predicted molar refractivity (Wildman–Crippen MR) is 103 cm³/mol. The fourth-order valence-corrected chi connectivity index (χ4v) is 3.42. The summed E-state index contributed by atoms with van der Waals surface area (Å²) < 4.78 is 18.6. The van der Waals surface area contributed by atoms with Gasteiger partial charge in [-0.05, 0) is 24.5 Å². The van der Waals surface area contributed by atoms with Gasteiger partial charge in [-0.15, -0.1) is 12.3 Å². The molecule has 1 fully saturated rings. The zero-order valence-electron chi connectivity index (χ0n) is 15.7. The number of nitrogens with zero attached hydrogens (tertiary/aromatic N) is 2. The molecule has 0 aliphatic carbocycles. The lowest BCUT2D eigenvalue weighted by molar-refractivity contribution is -0.137. The van der Waals surface area contributed by atoms with Crippen molar-refractivity contribution in [3.8, 4) is 12.3 Å². The van der Waals surface area contributed by atoms with E-state index in [4.69, 9.17) is 11.2 Å². The second-order valence-electron chi connectivity index (χ2n) is 6.86. The van der Waals surface area contributed by atoms with Crippen LogP contribution in [0.15, 0.2) is 48.8 Å². The van der Waals surface area contributed by atoms with Crippen LogP contribution in [0.2, 0.25) is 0 Å². The number of imide groups is 1. The summed E-state index contributed by atoms with van der Waals surface area (Å²) in [5, 5.41) is 10.7. The fraction of sp³-hybridized carbons (Fsp3) is 0.318. The van der Waals surface area contributed by atoms with E-state index in [1.54, 1.807) is 0 Å². The Kier molecular flexibility index (Phi) is 6.57. The van der Waals surface area contributed by atoms with Crippen LogP contribution < -0.4 is 0 Å². The molecule has 1 unspecified atom stereocenters. The number of terminal acetylenes is 1. The number of halogens is 1. The Hall–Kier alpha value is -3.24. The van der Waals surface area contributed by atoms with Crippen molar-refractivity contribution in [3.63, 3.8) is 0 Å². The number of amides is 2. The van der Waals surface area contributed by atoms with Gasteiger partial charge in [-0.3, -0.25) is 9.78 Å². The SMILES string of the molecule is C#CCC[C@@H](C(=O)N1C(=O)OC[C@@H]1Cc1ccccc1)C(O)c1cncc(F)c1. The van der Waals surface area contributed by atoms with Crippen LogP contribution in [0.5, 0.6) is 0 Å². The van der Waals surface area contributed by atoms with Gasteiger partial charge in [0.05, 0.1) is 24.3 Å². The second kappa shape index (κ2) is 9.30. The van der Waals surface area contributed by atoms with Crippen molar-refractivity contribution < 1.29 is 23.8 Å². The summed E-state index contributed by atoms with van der Waals surface area (Å²) in [6, 6.07) is 10.0. The predicted octanol–water partition coefficient (Wildman–Crippen LogP) is 2.87. The number of carbonyl (C=O) groups is 2. The van der Waals surface area contributed by atoms with E-state index in [9.17, 15) is 19.1 Å². The number of rotatable bonds is 7. The van der Waals surface area contributed by atoms with Crippen molar-refractivity contribution in [3.05, 3.63) is 65.7 Å². The van der Waals surface area contributed by atoms with Gasteiger partial charge in [0.15, 0.2) is 0 Å². The smallest absolute Gasteiger partial charge is 0.416 e. The number of pyridine rings is 1. The molecule has 1 aliphatic rings. The number of hydrogen-bond donors (Lipinski definition) is 1. The Labute approximate surface area is 168 Å². The molecule has 150 valence electrons. The van der Waals surface area contributed by atoms with Crippen molar-refractivity contribution in [2.75, 3.05) is 6.61 Å². The van der Waals surface area contributed by atoms with E-state index in [0.717, 1.165) is 22.7 Å². The lowest BCUT2D eigenvalue weighted by Crippen LogP contribution is -2.45. The van der Waals surface area contributed by atoms with E-state index in [-0.39, 0.29) is 25.0 Å². The molecule has 2 aromatic rings. The van der Waals surface area contributed by atoms with Crippen LogP contribution in [0, 0.1) is 24.1 Å². The Morgan fingerprint density at radius 3 is 2.83 bits per heavy atom. The molecule has 0 saturated carbocycles. The maximum absolute atomic E-state index is 13.5. The number of aliphatic hydroxyl groups is 1. The minimum absolute atomic E-state index is 0.0684. The topological polar surface area (TPSA) is 79.7 Å². The second-order valence-corrected chi connectivity index (χ2v) is 6.86. The first-order chi connectivity index (χ1) is 14.0. The molecule has 0 bridgehead atoms. The summed E-state index contributed by atoms with van der Waals surface area (Å²) in [6.07, 6.45) is 6.28. The number of hydrogen-bond acceptors (Lipinski definition) is 5.